The molecule has 0 bridgehead atoms. The number of rotatable bonds is 5. The maximum atomic E-state index is 13.6. The molecule has 0 spiro atoms. The van der Waals surface area contributed by atoms with E-state index in [4.69, 9.17) is 5.73 Å². The SMILES string of the molecule is CN(C)S(=O)(=O)c1ccc(NCCN)c(F)c1. The molecular weight excluding hydrogens is 245 g/mol. The van der Waals surface area contributed by atoms with Gasteiger partial charge in [-0.05, 0) is 18.2 Å². The first-order valence-electron chi connectivity index (χ1n) is 5.05. The third kappa shape index (κ3) is 3.15. The second-order valence-electron chi connectivity index (χ2n) is 3.64. The van der Waals surface area contributed by atoms with Crippen LogP contribution in [0.2, 0.25) is 0 Å². The smallest absolute Gasteiger partial charge is 0.242 e. The summed E-state index contributed by atoms with van der Waals surface area (Å²) in [6, 6.07) is 3.74. The minimum absolute atomic E-state index is 0.0710. The minimum atomic E-state index is -3.60. The molecule has 0 unspecified atom stereocenters. The van der Waals surface area contributed by atoms with Crippen LogP contribution in [0, 0.1) is 5.82 Å². The number of sulfonamides is 1. The summed E-state index contributed by atoms with van der Waals surface area (Å²) in [5.74, 6) is -0.610. The largest absolute Gasteiger partial charge is 0.381 e. The topological polar surface area (TPSA) is 75.4 Å². The Labute approximate surface area is 100 Å². The van der Waals surface area contributed by atoms with Crippen molar-refractivity contribution >= 4 is 15.7 Å². The molecular formula is C10H16FN3O2S. The van der Waals surface area contributed by atoms with Gasteiger partial charge in [0.15, 0.2) is 0 Å². The zero-order valence-electron chi connectivity index (χ0n) is 9.77. The van der Waals surface area contributed by atoms with E-state index >= 15 is 0 Å². The average Bonchev–Trinajstić information content (AvgIpc) is 2.27. The highest BCUT2D eigenvalue weighted by Crippen LogP contribution is 2.20. The summed E-state index contributed by atoms with van der Waals surface area (Å²) < 4.78 is 38.1. The van der Waals surface area contributed by atoms with E-state index in [-0.39, 0.29) is 10.6 Å². The summed E-state index contributed by atoms with van der Waals surface area (Å²) in [4.78, 5) is -0.0710. The zero-order valence-corrected chi connectivity index (χ0v) is 10.6. The van der Waals surface area contributed by atoms with Gasteiger partial charge in [-0.15, -0.1) is 0 Å². The first kappa shape index (κ1) is 13.9. The molecule has 96 valence electrons. The number of hydrogen-bond acceptors (Lipinski definition) is 4. The van der Waals surface area contributed by atoms with Gasteiger partial charge in [0.2, 0.25) is 10.0 Å². The molecule has 0 aromatic heterocycles. The van der Waals surface area contributed by atoms with Crippen molar-refractivity contribution in [3.63, 3.8) is 0 Å². The highest BCUT2D eigenvalue weighted by molar-refractivity contribution is 7.89. The van der Waals surface area contributed by atoms with Gasteiger partial charge in [0, 0.05) is 27.2 Å². The maximum Gasteiger partial charge on any atom is 0.242 e. The van der Waals surface area contributed by atoms with Gasteiger partial charge in [0.05, 0.1) is 10.6 Å². The third-order valence-electron chi connectivity index (χ3n) is 2.18. The van der Waals surface area contributed by atoms with E-state index in [1.54, 1.807) is 0 Å². The quantitative estimate of drug-likeness (QED) is 0.807. The fraction of sp³-hybridized carbons (Fsp3) is 0.400. The standard InChI is InChI=1S/C10H16FN3O2S/c1-14(2)17(15,16)8-3-4-10(9(11)7-8)13-6-5-12/h3-4,7,13H,5-6,12H2,1-2H3. The zero-order chi connectivity index (χ0) is 13.1. The number of hydrogen-bond donors (Lipinski definition) is 2. The number of nitrogens with one attached hydrogen (secondary N) is 1. The van der Waals surface area contributed by atoms with Crippen LogP contribution in [0.4, 0.5) is 10.1 Å². The molecule has 3 N–H and O–H groups in total. The molecule has 0 fully saturated rings. The molecule has 0 heterocycles. The van der Waals surface area contributed by atoms with Crippen LogP contribution in [0.1, 0.15) is 0 Å². The van der Waals surface area contributed by atoms with Crippen LogP contribution in [0.25, 0.3) is 0 Å². The summed E-state index contributed by atoms with van der Waals surface area (Å²) >= 11 is 0. The minimum Gasteiger partial charge on any atom is -0.381 e. The lowest BCUT2D eigenvalue weighted by molar-refractivity contribution is 0.519. The van der Waals surface area contributed by atoms with Gasteiger partial charge in [-0.1, -0.05) is 0 Å². The lowest BCUT2D eigenvalue weighted by Gasteiger charge is -2.12. The Hall–Kier alpha value is -1.18. The molecule has 1 aromatic carbocycles. The van der Waals surface area contributed by atoms with Crippen molar-refractivity contribution in [3.8, 4) is 0 Å². The molecule has 0 saturated carbocycles. The number of benzene rings is 1. The summed E-state index contributed by atoms with van der Waals surface area (Å²) in [5, 5.41) is 2.76. The van der Waals surface area contributed by atoms with Crippen molar-refractivity contribution in [2.24, 2.45) is 5.73 Å². The van der Waals surface area contributed by atoms with Crippen LogP contribution in [0.3, 0.4) is 0 Å². The molecule has 0 amide bonds. The van der Waals surface area contributed by atoms with E-state index in [0.29, 0.717) is 13.1 Å². The number of anilines is 1. The predicted octanol–water partition coefficient (Wildman–Crippen LogP) is 0.447. The molecule has 0 saturated heterocycles. The molecule has 0 radical (unpaired) electrons. The Morgan fingerprint density at radius 3 is 2.53 bits per heavy atom. The summed E-state index contributed by atoms with van der Waals surface area (Å²) in [6.45, 7) is 0.799. The average molecular weight is 261 g/mol. The normalized spacial score (nSPS) is 11.8. The van der Waals surface area contributed by atoms with Crippen molar-refractivity contribution in [1.29, 1.82) is 0 Å². The van der Waals surface area contributed by atoms with Crippen LogP contribution in [-0.4, -0.2) is 39.9 Å². The highest BCUT2D eigenvalue weighted by Gasteiger charge is 2.18. The molecule has 1 aromatic rings. The molecule has 1 rings (SSSR count). The van der Waals surface area contributed by atoms with E-state index in [0.717, 1.165) is 10.4 Å². The number of halogens is 1. The molecule has 17 heavy (non-hydrogen) atoms. The molecule has 0 aliphatic rings. The fourth-order valence-electron chi connectivity index (χ4n) is 1.22. The molecule has 5 nitrogen and oxygen atoms in total. The summed E-state index contributed by atoms with van der Waals surface area (Å²) in [5.41, 5.74) is 5.52. The van der Waals surface area contributed by atoms with Crippen LogP contribution >= 0.6 is 0 Å². The molecule has 0 aliphatic heterocycles. The number of nitrogens with zero attached hydrogens (tertiary/aromatic N) is 1. The lowest BCUT2D eigenvalue weighted by atomic mass is 10.3. The van der Waals surface area contributed by atoms with Crippen molar-refractivity contribution in [2.75, 3.05) is 32.5 Å². The van der Waals surface area contributed by atoms with E-state index in [2.05, 4.69) is 5.32 Å². The first-order chi connectivity index (χ1) is 7.89. The summed E-state index contributed by atoms with van der Waals surface area (Å²) in [7, 11) is -0.803. The number of nitrogens with two attached hydrogens (primary N) is 1. The predicted molar refractivity (Wildman–Crippen MR) is 64.8 cm³/mol. The lowest BCUT2D eigenvalue weighted by Crippen LogP contribution is -2.22. The Kier molecular flexibility index (Phi) is 4.44. The summed E-state index contributed by atoms with van der Waals surface area (Å²) in [6.07, 6.45) is 0. The van der Waals surface area contributed by atoms with Crippen LogP contribution < -0.4 is 11.1 Å². The Bertz CT molecular complexity index is 488. The van der Waals surface area contributed by atoms with Gasteiger partial charge in [-0.25, -0.2) is 17.1 Å². The van der Waals surface area contributed by atoms with E-state index < -0.39 is 15.8 Å². The molecule has 7 heteroatoms. The van der Waals surface area contributed by atoms with Gasteiger partial charge in [-0.3, -0.25) is 0 Å². The second-order valence-corrected chi connectivity index (χ2v) is 5.80. The molecule has 0 aliphatic carbocycles. The van der Waals surface area contributed by atoms with Gasteiger partial charge in [0.1, 0.15) is 5.82 Å². The third-order valence-corrected chi connectivity index (χ3v) is 3.99. The van der Waals surface area contributed by atoms with Gasteiger partial charge >= 0.3 is 0 Å². The van der Waals surface area contributed by atoms with Crippen molar-refractivity contribution < 1.29 is 12.8 Å². The van der Waals surface area contributed by atoms with Crippen LogP contribution in [-0.2, 0) is 10.0 Å². The van der Waals surface area contributed by atoms with Crippen LogP contribution in [0.5, 0.6) is 0 Å². The van der Waals surface area contributed by atoms with E-state index in [1.165, 1.54) is 26.2 Å². The van der Waals surface area contributed by atoms with Crippen molar-refractivity contribution in [2.45, 2.75) is 4.90 Å². The Morgan fingerprint density at radius 2 is 2.06 bits per heavy atom. The fourth-order valence-corrected chi connectivity index (χ4v) is 2.13. The molecule has 0 atom stereocenters. The van der Waals surface area contributed by atoms with Gasteiger partial charge in [0.25, 0.3) is 0 Å². The van der Waals surface area contributed by atoms with E-state index in [1.807, 2.05) is 0 Å². The van der Waals surface area contributed by atoms with Gasteiger partial charge < -0.3 is 11.1 Å². The first-order valence-corrected chi connectivity index (χ1v) is 6.49. The monoisotopic (exact) mass is 261 g/mol. The second kappa shape index (κ2) is 5.44. The Balaban J connectivity index is 3.05. The van der Waals surface area contributed by atoms with Crippen molar-refractivity contribution in [3.05, 3.63) is 24.0 Å². The highest BCUT2D eigenvalue weighted by atomic mass is 32.2. The Morgan fingerprint density at radius 1 is 1.41 bits per heavy atom. The van der Waals surface area contributed by atoms with Gasteiger partial charge in [-0.2, -0.15) is 0 Å². The maximum absolute atomic E-state index is 13.6. The van der Waals surface area contributed by atoms with E-state index in [9.17, 15) is 12.8 Å². The van der Waals surface area contributed by atoms with Crippen molar-refractivity contribution in [1.82, 2.24) is 4.31 Å². The van der Waals surface area contributed by atoms with Crippen LogP contribution in [0.15, 0.2) is 23.1 Å².